The fourth-order valence-electron chi connectivity index (χ4n) is 4.55. The Balaban J connectivity index is 1.54. The lowest BCUT2D eigenvalue weighted by atomic mass is 9.83. The van der Waals surface area contributed by atoms with Crippen molar-refractivity contribution in [3.8, 4) is 0 Å². The molecule has 31 heavy (non-hydrogen) atoms. The Hall–Kier alpha value is -2.28. The van der Waals surface area contributed by atoms with Crippen LogP contribution in [0.25, 0.3) is 0 Å². The Morgan fingerprint density at radius 2 is 1.74 bits per heavy atom. The maximum absolute atomic E-state index is 12.3. The Bertz CT molecular complexity index is 725. The van der Waals surface area contributed by atoms with Gasteiger partial charge >= 0.3 is 12.2 Å². The molecular weight excluding hydrogens is 396 g/mol. The summed E-state index contributed by atoms with van der Waals surface area (Å²) in [6.07, 6.45) is 4.13. The van der Waals surface area contributed by atoms with E-state index in [-0.39, 0.29) is 18.2 Å². The molecule has 2 aliphatic rings. The number of benzene rings is 1. The normalized spacial score (nSPS) is 26.4. The van der Waals surface area contributed by atoms with Crippen molar-refractivity contribution in [3.05, 3.63) is 35.9 Å². The minimum atomic E-state index is -0.575. The number of hydrogen-bond donors (Lipinski definition) is 1. The summed E-state index contributed by atoms with van der Waals surface area (Å²) in [4.78, 5) is 26.2. The molecule has 1 aliphatic carbocycles. The van der Waals surface area contributed by atoms with Crippen LogP contribution in [0.4, 0.5) is 9.59 Å². The minimum absolute atomic E-state index is 0.169. The lowest BCUT2D eigenvalue weighted by Gasteiger charge is -2.32. The van der Waals surface area contributed by atoms with E-state index in [1.807, 2.05) is 20.8 Å². The zero-order valence-electron chi connectivity index (χ0n) is 19.1. The van der Waals surface area contributed by atoms with E-state index in [0.29, 0.717) is 25.5 Å². The molecule has 1 aliphatic heterocycles. The molecule has 172 valence electrons. The van der Waals surface area contributed by atoms with Gasteiger partial charge in [0.2, 0.25) is 0 Å². The molecule has 0 bridgehead atoms. The second-order valence-corrected chi connectivity index (χ2v) is 9.49. The van der Waals surface area contributed by atoms with Gasteiger partial charge < -0.3 is 24.4 Å². The van der Waals surface area contributed by atoms with Gasteiger partial charge in [-0.1, -0.05) is 30.3 Å². The van der Waals surface area contributed by atoms with Gasteiger partial charge in [0.25, 0.3) is 0 Å². The van der Waals surface area contributed by atoms with Gasteiger partial charge in [0.15, 0.2) is 0 Å². The predicted molar refractivity (Wildman–Crippen MR) is 118 cm³/mol. The Morgan fingerprint density at radius 3 is 2.35 bits per heavy atom. The monoisotopic (exact) mass is 432 g/mol. The van der Waals surface area contributed by atoms with Crippen LogP contribution in [0.1, 0.15) is 64.4 Å². The van der Waals surface area contributed by atoms with E-state index in [0.717, 1.165) is 25.7 Å². The van der Waals surface area contributed by atoms with Crippen LogP contribution in [-0.2, 0) is 14.2 Å². The number of nitrogens with zero attached hydrogens (tertiary/aromatic N) is 1. The first-order valence-corrected chi connectivity index (χ1v) is 11.3. The average Bonchev–Trinajstić information content (AvgIpc) is 3.13. The second-order valence-electron chi connectivity index (χ2n) is 9.49. The van der Waals surface area contributed by atoms with Crippen molar-refractivity contribution >= 4 is 12.2 Å². The first-order valence-electron chi connectivity index (χ1n) is 11.3. The summed E-state index contributed by atoms with van der Waals surface area (Å²) in [6.45, 7) is 6.37. The molecule has 2 atom stereocenters. The third-order valence-corrected chi connectivity index (χ3v) is 6.10. The Kier molecular flexibility index (Phi) is 7.81. The van der Waals surface area contributed by atoms with Crippen LogP contribution < -0.4 is 5.32 Å². The number of rotatable bonds is 5. The molecule has 1 aromatic carbocycles. The number of nitrogens with one attached hydrogen (secondary N) is 1. The van der Waals surface area contributed by atoms with Crippen LogP contribution >= 0.6 is 0 Å². The third kappa shape index (κ3) is 6.60. The number of methoxy groups -OCH3 is 1. The largest absolute Gasteiger partial charge is 0.453 e. The molecule has 7 heteroatoms. The number of ether oxygens (including phenoxy) is 3. The summed E-state index contributed by atoms with van der Waals surface area (Å²) in [7, 11) is 1.37. The molecule has 2 amide bonds. The van der Waals surface area contributed by atoms with E-state index in [1.165, 1.54) is 12.7 Å². The molecule has 0 radical (unpaired) electrons. The molecule has 3 rings (SSSR count). The molecule has 0 unspecified atom stereocenters. The van der Waals surface area contributed by atoms with Crippen LogP contribution in [0.5, 0.6) is 0 Å². The minimum Gasteiger partial charge on any atom is -0.453 e. The number of carbonyl (C=O) groups excluding carboxylic acids is 2. The predicted octanol–water partition coefficient (Wildman–Crippen LogP) is 4.46. The van der Waals surface area contributed by atoms with Crippen molar-refractivity contribution in [2.45, 2.75) is 82.6 Å². The van der Waals surface area contributed by atoms with Crippen molar-refractivity contribution < 1.29 is 23.8 Å². The molecule has 1 aromatic rings. The number of carbonyl (C=O) groups is 2. The SMILES string of the molecule is COC(=O)N1CC[C@H](NC(=O)OC(C)(C)C)[C@@H]1CO[C@H]1CC[C@@H](c2ccccc2)CC1. The highest BCUT2D eigenvalue weighted by Crippen LogP contribution is 2.34. The second kappa shape index (κ2) is 10.4. The topological polar surface area (TPSA) is 77.1 Å². The summed E-state index contributed by atoms with van der Waals surface area (Å²) in [6, 6.07) is 10.1. The zero-order valence-corrected chi connectivity index (χ0v) is 19.1. The van der Waals surface area contributed by atoms with Crippen molar-refractivity contribution in [1.29, 1.82) is 0 Å². The molecule has 7 nitrogen and oxygen atoms in total. The zero-order chi connectivity index (χ0) is 22.4. The van der Waals surface area contributed by atoms with E-state index in [9.17, 15) is 9.59 Å². The number of amides is 2. The molecule has 2 fully saturated rings. The highest BCUT2D eigenvalue weighted by Gasteiger charge is 2.40. The fourth-order valence-corrected chi connectivity index (χ4v) is 4.55. The van der Waals surface area contributed by atoms with Crippen LogP contribution in [0, 0.1) is 0 Å². The van der Waals surface area contributed by atoms with Gasteiger partial charge in [-0.3, -0.25) is 0 Å². The Labute approximate surface area is 185 Å². The summed E-state index contributed by atoms with van der Waals surface area (Å²) < 4.78 is 16.6. The van der Waals surface area contributed by atoms with Gasteiger partial charge in [0.05, 0.1) is 31.9 Å². The van der Waals surface area contributed by atoms with Crippen molar-refractivity contribution in [2.24, 2.45) is 0 Å². The van der Waals surface area contributed by atoms with Crippen molar-refractivity contribution in [2.75, 3.05) is 20.3 Å². The lowest BCUT2D eigenvalue weighted by molar-refractivity contribution is -0.00765. The summed E-state index contributed by atoms with van der Waals surface area (Å²) in [5.41, 5.74) is 0.823. The fraction of sp³-hybridized carbons (Fsp3) is 0.667. The first kappa shape index (κ1) is 23.4. The van der Waals surface area contributed by atoms with Gasteiger partial charge in [0.1, 0.15) is 5.60 Å². The number of alkyl carbamates (subject to hydrolysis) is 1. The molecule has 0 spiro atoms. The van der Waals surface area contributed by atoms with Gasteiger partial charge in [-0.05, 0) is 64.4 Å². The average molecular weight is 433 g/mol. The quantitative estimate of drug-likeness (QED) is 0.743. The van der Waals surface area contributed by atoms with Crippen LogP contribution in [0.15, 0.2) is 30.3 Å². The molecular formula is C24H36N2O5. The van der Waals surface area contributed by atoms with Crippen LogP contribution in [0.3, 0.4) is 0 Å². The molecule has 1 heterocycles. The summed E-state index contributed by atoms with van der Waals surface area (Å²) in [5, 5.41) is 2.92. The number of hydrogen-bond acceptors (Lipinski definition) is 5. The highest BCUT2D eigenvalue weighted by molar-refractivity contribution is 5.70. The molecule has 0 aromatic heterocycles. The number of likely N-dealkylation sites (tertiary alicyclic amines) is 1. The lowest BCUT2D eigenvalue weighted by Crippen LogP contribution is -2.50. The van der Waals surface area contributed by atoms with Crippen molar-refractivity contribution in [3.63, 3.8) is 0 Å². The van der Waals surface area contributed by atoms with Crippen LogP contribution in [0.2, 0.25) is 0 Å². The maximum Gasteiger partial charge on any atom is 0.409 e. The molecule has 1 saturated heterocycles. The third-order valence-electron chi connectivity index (χ3n) is 6.10. The van der Waals surface area contributed by atoms with Gasteiger partial charge in [-0.2, -0.15) is 0 Å². The molecule has 1 N–H and O–H groups in total. The van der Waals surface area contributed by atoms with Crippen LogP contribution in [-0.4, -0.2) is 61.1 Å². The van der Waals surface area contributed by atoms with E-state index in [4.69, 9.17) is 14.2 Å². The summed E-state index contributed by atoms with van der Waals surface area (Å²) >= 11 is 0. The summed E-state index contributed by atoms with van der Waals surface area (Å²) in [5.74, 6) is 0.584. The smallest absolute Gasteiger partial charge is 0.409 e. The highest BCUT2D eigenvalue weighted by atomic mass is 16.6. The van der Waals surface area contributed by atoms with Gasteiger partial charge in [-0.25, -0.2) is 9.59 Å². The van der Waals surface area contributed by atoms with E-state index < -0.39 is 17.8 Å². The van der Waals surface area contributed by atoms with E-state index in [1.54, 1.807) is 4.90 Å². The Morgan fingerprint density at radius 1 is 1.06 bits per heavy atom. The first-order chi connectivity index (χ1) is 14.8. The van der Waals surface area contributed by atoms with Gasteiger partial charge in [0, 0.05) is 6.54 Å². The standard InChI is InChI=1S/C24H36N2O5/c1-24(2,3)31-22(27)25-20-14-15-26(23(28)29-4)21(20)16-30-19-12-10-18(11-13-19)17-8-6-5-7-9-17/h5-9,18-21H,10-16H2,1-4H3,(H,25,27)/t18-,19+,20-,21-/m0/s1. The van der Waals surface area contributed by atoms with E-state index >= 15 is 0 Å². The van der Waals surface area contributed by atoms with Crippen molar-refractivity contribution in [1.82, 2.24) is 10.2 Å². The molecule has 1 saturated carbocycles. The maximum atomic E-state index is 12.3. The van der Waals surface area contributed by atoms with E-state index in [2.05, 4.69) is 35.6 Å². The van der Waals surface area contributed by atoms with Gasteiger partial charge in [-0.15, -0.1) is 0 Å².